The maximum absolute atomic E-state index is 12.0. The summed E-state index contributed by atoms with van der Waals surface area (Å²) in [6.45, 7) is 4.31. The van der Waals surface area contributed by atoms with E-state index >= 15 is 0 Å². The number of ether oxygens (including phenoxy) is 1. The van der Waals surface area contributed by atoms with Crippen molar-refractivity contribution in [3.05, 3.63) is 53.5 Å². The smallest absolute Gasteiger partial charge is 0.287 e. The lowest BCUT2D eigenvalue weighted by molar-refractivity contribution is 0.0870. The zero-order valence-corrected chi connectivity index (χ0v) is 14.4. The highest BCUT2D eigenvalue weighted by molar-refractivity contribution is 5.91. The van der Waals surface area contributed by atoms with E-state index in [9.17, 15) is 9.90 Å². The molecule has 0 radical (unpaired) electrons. The summed E-state index contributed by atoms with van der Waals surface area (Å²) in [5.74, 6) is 1.07. The standard InChI is InChI=1S/C19H22N2O4/c1-13(2)9-15(22)11-21-19(23)18-8-7-16(25-18)12-24-17-6-4-3-5-14(17)10-20/h3-8,13,15,22H,9,11-12H2,1-2H3,(H,21,23). The van der Waals surface area contributed by atoms with Crippen LogP contribution in [0.25, 0.3) is 0 Å². The Balaban J connectivity index is 1.87. The molecule has 1 amide bonds. The molecule has 0 saturated heterocycles. The number of carbonyl (C=O) groups excluding carboxylic acids is 1. The number of amides is 1. The Morgan fingerprint density at radius 2 is 2.08 bits per heavy atom. The first kappa shape index (κ1) is 18.6. The lowest BCUT2D eigenvalue weighted by Gasteiger charge is -2.13. The second-order valence-corrected chi connectivity index (χ2v) is 6.16. The number of aliphatic hydroxyl groups is 1. The Hall–Kier alpha value is -2.78. The van der Waals surface area contributed by atoms with E-state index in [1.54, 1.807) is 36.4 Å². The van der Waals surface area contributed by atoms with Crippen LogP contribution in [0.2, 0.25) is 0 Å². The van der Waals surface area contributed by atoms with Crippen LogP contribution in [0.1, 0.15) is 42.1 Å². The Morgan fingerprint density at radius 1 is 1.32 bits per heavy atom. The van der Waals surface area contributed by atoms with Crippen LogP contribution in [0.4, 0.5) is 0 Å². The quantitative estimate of drug-likeness (QED) is 0.769. The summed E-state index contributed by atoms with van der Waals surface area (Å²) < 4.78 is 11.0. The number of nitrogens with one attached hydrogen (secondary N) is 1. The number of carbonyl (C=O) groups is 1. The van der Waals surface area contributed by atoms with Crippen LogP contribution in [-0.4, -0.2) is 23.7 Å². The summed E-state index contributed by atoms with van der Waals surface area (Å²) in [7, 11) is 0. The molecule has 0 fully saturated rings. The molecule has 0 aliphatic rings. The number of para-hydroxylation sites is 1. The molecule has 25 heavy (non-hydrogen) atoms. The average Bonchev–Trinajstić information content (AvgIpc) is 3.06. The maximum atomic E-state index is 12.0. The Labute approximate surface area is 147 Å². The molecular formula is C19H22N2O4. The molecule has 2 aromatic rings. The molecule has 6 nitrogen and oxygen atoms in total. The fraction of sp³-hybridized carbons (Fsp3) is 0.368. The van der Waals surface area contributed by atoms with Gasteiger partial charge in [0.15, 0.2) is 5.76 Å². The van der Waals surface area contributed by atoms with E-state index in [0.29, 0.717) is 29.4 Å². The largest absolute Gasteiger partial charge is 0.484 e. The van der Waals surface area contributed by atoms with Gasteiger partial charge in [-0.1, -0.05) is 26.0 Å². The van der Waals surface area contributed by atoms with Gasteiger partial charge in [-0.3, -0.25) is 4.79 Å². The average molecular weight is 342 g/mol. The zero-order chi connectivity index (χ0) is 18.2. The fourth-order valence-corrected chi connectivity index (χ4v) is 2.34. The molecule has 0 spiro atoms. The second kappa shape index (κ2) is 8.90. The van der Waals surface area contributed by atoms with E-state index in [1.165, 1.54) is 0 Å². The summed E-state index contributed by atoms with van der Waals surface area (Å²) >= 11 is 0. The van der Waals surface area contributed by atoms with Gasteiger partial charge in [-0.2, -0.15) is 5.26 Å². The third kappa shape index (κ3) is 5.66. The molecule has 0 aliphatic carbocycles. The van der Waals surface area contributed by atoms with E-state index in [-0.39, 0.29) is 24.8 Å². The highest BCUT2D eigenvalue weighted by Crippen LogP contribution is 2.19. The molecule has 0 bridgehead atoms. The zero-order valence-electron chi connectivity index (χ0n) is 14.4. The molecule has 0 saturated carbocycles. The van der Waals surface area contributed by atoms with Crippen LogP contribution >= 0.6 is 0 Å². The summed E-state index contributed by atoms with van der Waals surface area (Å²) in [5.41, 5.74) is 0.436. The van der Waals surface area contributed by atoms with Crippen LogP contribution in [0, 0.1) is 17.2 Å². The van der Waals surface area contributed by atoms with E-state index < -0.39 is 6.10 Å². The molecule has 2 rings (SSSR count). The predicted octanol–water partition coefficient (Wildman–Crippen LogP) is 2.87. The van der Waals surface area contributed by atoms with Gasteiger partial charge in [-0.05, 0) is 36.6 Å². The number of rotatable bonds is 8. The third-order valence-electron chi connectivity index (χ3n) is 3.50. The molecule has 2 N–H and O–H groups in total. The highest BCUT2D eigenvalue weighted by atomic mass is 16.5. The van der Waals surface area contributed by atoms with E-state index in [4.69, 9.17) is 14.4 Å². The molecule has 1 atom stereocenters. The predicted molar refractivity (Wildman–Crippen MR) is 92.0 cm³/mol. The van der Waals surface area contributed by atoms with E-state index in [1.807, 2.05) is 13.8 Å². The Morgan fingerprint density at radius 3 is 2.80 bits per heavy atom. The van der Waals surface area contributed by atoms with Crippen LogP contribution in [0.3, 0.4) is 0 Å². The maximum Gasteiger partial charge on any atom is 0.287 e. The molecule has 1 heterocycles. The molecular weight excluding hydrogens is 320 g/mol. The Bertz CT molecular complexity index is 746. The van der Waals surface area contributed by atoms with Gasteiger partial charge < -0.3 is 19.6 Å². The molecule has 1 unspecified atom stereocenters. The van der Waals surface area contributed by atoms with Crippen LogP contribution in [-0.2, 0) is 6.61 Å². The first-order chi connectivity index (χ1) is 12.0. The number of nitriles is 1. The van der Waals surface area contributed by atoms with E-state index in [2.05, 4.69) is 11.4 Å². The van der Waals surface area contributed by atoms with Crippen molar-refractivity contribution in [2.24, 2.45) is 5.92 Å². The third-order valence-corrected chi connectivity index (χ3v) is 3.50. The molecule has 1 aromatic carbocycles. The number of aliphatic hydroxyl groups excluding tert-OH is 1. The van der Waals surface area contributed by atoms with Crippen LogP contribution < -0.4 is 10.1 Å². The van der Waals surface area contributed by atoms with Gasteiger partial charge in [0.05, 0.1) is 11.7 Å². The lowest BCUT2D eigenvalue weighted by Crippen LogP contribution is -2.32. The van der Waals surface area contributed by atoms with Crippen molar-refractivity contribution in [3.63, 3.8) is 0 Å². The second-order valence-electron chi connectivity index (χ2n) is 6.16. The highest BCUT2D eigenvalue weighted by Gasteiger charge is 2.14. The monoisotopic (exact) mass is 342 g/mol. The fourth-order valence-electron chi connectivity index (χ4n) is 2.34. The molecule has 132 valence electrons. The van der Waals surface area contributed by atoms with Crippen molar-refractivity contribution in [3.8, 4) is 11.8 Å². The summed E-state index contributed by atoms with van der Waals surface area (Å²) in [6, 6.07) is 12.2. The van der Waals surface area contributed by atoms with E-state index in [0.717, 1.165) is 0 Å². The van der Waals surface area contributed by atoms with Gasteiger partial charge in [-0.15, -0.1) is 0 Å². The SMILES string of the molecule is CC(C)CC(O)CNC(=O)c1ccc(COc2ccccc2C#N)o1. The lowest BCUT2D eigenvalue weighted by atomic mass is 10.1. The molecule has 6 heteroatoms. The summed E-state index contributed by atoms with van der Waals surface area (Å²) in [4.78, 5) is 12.0. The van der Waals surface area contributed by atoms with Gasteiger partial charge in [0.1, 0.15) is 24.2 Å². The van der Waals surface area contributed by atoms with Crippen molar-refractivity contribution in [1.29, 1.82) is 5.26 Å². The van der Waals surface area contributed by atoms with Crippen molar-refractivity contribution < 1.29 is 19.1 Å². The number of hydrogen-bond acceptors (Lipinski definition) is 5. The van der Waals surface area contributed by atoms with Gasteiger partial charge >= 0.3 is 0 Å². The number of nitrogens with zero attached hydrogens (tertiary/aromatic N) is 1. The molecule has 1 aromatic heterocycles. The van der Waals surface area contributed by atoms with Gasteiger partial charge in [0.2, 0.25) is 0 Å². The number of furan rings is 1. The number of hydrogen-bond donors (Lipinski definition) is 2. The summed E-state index contributed by atoms with van der Waals surface area (Å²) in [5, 5.41) is 21.5. The first-order valence-electron chi connectivity index (χ1n) is 8.16. The van der Waals surface area contributed by atoms with Crippen molar-refractivity contribution in [2.45, 2.75) is 33.0 Å². The van der Waals surface area contributed by atoms with Crippen LogP contribution in [0.15, 0.2) is 40.8 Å². The Kier molecular flexibility index (Phi) is 6.61. The van der Waals surface area contributed by atoms with Gasteiger partial charge in [0.25, 0.3) is 5.91 Å². The van der Waals surface area contributed by atoms with Gasteiger partial charge in [0, 0.05) is 6.54 Å². The topological polar surface area (TPSA) is 95.5 Å². The number of benzene rings is 1. The van der Waals surface area contributed by atoms with Crippen LogP contribution in [0.5, 0.6) is 5.75 Å². The first-order valence-corrected chi connectivity index (χ1v) is 8.16. The molecule has 0 aliphatic heterocycles. The normalized spacial score (nSPS) is 11.8. The summed E-state index contributed by atoms with van der Waals surface area (Å²) in [6.07, 6.45) is 0.0414. The van der Waals surface area contributed by atoms with Crippen molar-refractivity contribution in [2.75, 3.05) is 6.54 Å². The minimum atomic E-state index is -0.579. The van der Waals surface area contributed by atoms with Gasteiger partial charge in [-0.25, -0.2) is 0 Å². The minimum absolute atomic E-state index is 0.113. The minimum Gasteiger partial charge on any atom is -0.484 e. The van der Waals surface area contributed by atoms with Crippen molar-refractivity contribution >= 4 is 5.91 Å². The van der Waals surface area contributed by atoms with Crippen molar-refractivity contribution in [1.82, 2.24) is 5.32 Å².